The van der Waals surface area contributed by atoms with Crippen molar-refractivity contribution in [3.63, 3.8) is 0 Å². The van der Waals surface area contributed by atoms with Crippen LogP contribution in [0.4, 0.5) is 10.8 Å². The van der Waals surface area contributed by atoms with E-state index in [0.717, 1.165) is 23.3 Å². The number of ether oxygens (including phenoxy) is 2. The Morgan fingerprint density at radius 1 is 0.902 bits per heavy atom. The van der Waals surface area contributed by atoms with Gasteiger partial charge in [0, 0.05) is 37.3 Å². The predicted molar refractivity (Wildman–Crippen MR) is 166 cm³/mol. The van der Waals surface area contributed by atoms with E-state index in [-0.39, 0.29) is 36.5 Å². The number of fused-ring (bicyclic) bond motifs is 2. The van der Waals surface area contributed by atoms with E-state index in [1.165, 1.54) is 27.8 Å². The smallest absolute Gasteiger partial charge is 0.264 e. The number of halogens is 1. The number of amides is 1. The first kappa shape index (κ1) is 30.6. The van der Waals surface area contributed by atoms with Crippen molar-refractivity contribution in [2.75, 3.05) is 48.7 Å². The second kappa shape index (κ2) is 13.1. The van der Waals surface area contributed by atoms with Gasteiger partial charge in [-0.1, -0.05) is 43.4 Å². The van der Waals surface area contributed by atoms with Crippen LogP contribution in [-0.2, 0) is 10.0 Å². The maximum atomic E-state index is 13.8. The molecule has 0 spiro atoms. The van der Waals surface area contributed by atoms with Gasteiger partial charge in [-0.3, -0.25) is 14.0 Å². The molecule has 3 aromatic carbocycles. The molecule has 1 aromatic heterocycles. The first-order valence-electron chi connectivity index (χ1n) is 13.3. The van der Waals surface area contributed by atoms with Crippen LogP contribution in [0.3, 0.4) is 0 Å². The number of anilines is 2. The van der Waals surface area contributed by atoms with Crippen molar-refractivity contribution < 1.29 is 22.7 Å². The number of sulfonamides is 1. The van der Waals surface area contributed by atoms with Gasteiger partial charge in [-0.2, -0.15) is 0 Å². The number of carbonyl (C=O) groups excluding carboxylic acids is 1. The van der Waals surface area contributed by atoms with Crippen LogP contribution in [0.5, 0.6) is 11.5 Å². The molecule has 0 radical (unpaired) electrons. The zero-order valence-electron chi connectivity index (χ0n) is 23.1. The van der Waals surface area contributed by atoms with Crippen LogP contribution in [0, 0.1) is 0 Å². The Morgan fingerprint density at radius 2 is 1.56 bits per heavy atom. The van der Waals surface area contributed by atoms with E-state index in [2.05, 4.69) is 18.7 Å². The minimum Gasteiger partial charge on any atom is -0.454 e. The minimum absolute atomic E-state index is 0. The van der Waals surface area contributed by atoms with Crippen LogP contribution in [-0.4, -0.2) is 63.7 Å². The Bertz CT molecular complexity index is 1550. The number of thiazole rings is 1. The van der Waals surface area contributed by atoms with Crippen LogP contribution in [0.25, 0.3) is 10.2 Å². The molecular formula is C29H33ClN4O5S2. The highest BCUT2D eigenvalue weighted by atomic mass is 35.5. The molecule has 1 aliphatic rings. The maximum absolute atomic E-state index is 13.8. The third kappa shape index (κ3) is 6.28. The second-order valence-electron chi connectivity index (χ2n) is 9.18. The average molecular weight is 617 g/mol. The highest BCUT2D eigenvalue weighted by Gasteiger charge is 2.26. The summed E-state index contributed by atoms with van der Waals surface area (Å²) in [6.45, 7) is 9.26. The number of rotatable bonds is 11. The molecule has 4 aromatic rings. The quantitative estimate of drug-likeness (QED) is 0.215. The lowest BCUT2D eigenvalue weighted by Gasteiger charge is -2.25. The lowest BCUT2D eigenvalue weighted by atomic mass is 10.2. The third-order valence-electron chi connectivity index (χ3n) is 6.90. The number of nitrogens with zero attached hydrogens (tertiary/aromatic N) is 4. The van der Waals surface area contributed by atoms with E-state index in [1.54, 1.807) is 48.2 Å². The molecule has 0 bridgehead atoms. The molecule has 0 saturated heterocycles. The zero-order valence-corrected chi connectivity index (χ0v) is 25.6. The van der Waals surface area contributed by atoms with E-state index in [4.69, 9.17) is 14.5 Å². The number of benzene rings is 3. The summed E-state index contributed by atoms with van der Waals surface area (Å²) in [4.78, 5) is 22.6. The fourth-order valence-electron chi connectivity index (χ4n) is 4.62. The van der Waals surface area contributed by atoms with Crippen LogP contribution in [0.1, 0.15) is 31.1 Å². The van der Waals surface area contributed by atoms with Crippen molar-refractivity contribution in [3.05, 3.63) is 72.3 Å². The van der Waals surface area contributed by atoms with Gasteiger partial charge in [-0.15, -0.1) is 12.4 Å². The van der Waals surface area contributed by atoms with E-state index >= 15 is 0 Å². The minimum atomic E-state index is -3.80. The Kier molecular flexibility index (Phi) is 9.75. The number of aromatic nitrogens is 1. The standard InChI is InChI=1S/C29H32N4O5S2.ClH/c1-4-31(5-2)16-17-32(29-30-24-18-25-26(38-20-37-25)19-27(24)39-29)28(34)21-12-14-23(15-13-21)40(35,36)33(6-3)22-10-8-7-9-11-22;/h7-15,18-19H,4-6,16-17,20H2,1-3H3;1H. The third-order valence-corrected chi connectivity index (χ3v) is 9.86. The Hall–Kier alpha value is -3.38. The second-order valence-corrected chi connectivity index (χ2v) is 12.1. The number of carbonyl (C=O) groups is 1. The summed E-state index contributed by atoms with van der Waals surface area (Å²) >= 11 is 1.41. The van der Waals surface area contributed by atoms with Crippen molar-refractivity contribution in [2.45, 2.75) is 25.7 Å². The van der Waals surface area contributed by atoms with Crippen LogP contribution >= 0.6 is 23.7 Å². The molecule has 1 amide bonds. The summed E-state index contributed by atoms with van der Waals surface area (Å²) in [6, 6.07) is 18.8. The molecule has 0 atom stereocenters. The number of likely N-dealkylation sites (N-methyl/N-ethyl adjacent to an activating group) is 1. The lowest BCUT2D eigenvalue weighted by Crippen LogP contribution is -2.39. The molecule has 41 heavy (non-hydrogen) atoms. The van der Waals surface area contributed by atoms with E-state index in [1.807, 2.05) is 18.2 Å². The topological polar surface area (TPSA) is 92.3 Å². The molecule has 2 heterocycles. The SMILES string of the molecule is CCN(CC)CCN(C(=O)c1ccc(S(=O)(=O)N(CC)c2ccccc2)cc1)c1nc2cc3c(cc2s1)OCO3.Cl. The van der Waals surface area contributed by atoms with Crippen molar-refractivity contribution >= 4 is 60.7 Å². The largest absolute Gasteiger partial charge is 0.454 e. The van der Waals surface area contributed by atoms with Gasteiger partial charge in [0.2, 0.25) is 6.79 Å². The van der Waals surface area contributed by atoms with Crippen molar-refractivity contribution in [2.24, 2.45) is 0 Å². The molecule has 0 unspecified atom stereocenters. The number of para-hydroxylation sites is 1. The molecule has 5 rings (SSSR count). The maximum Gasteiger partial charge on any atom is 0.264 e. The normalized spacial score (nSPS) is 12.4. The molecule has 12 heteroatoms. The van der Waals surface area contributed by atoms with Gasteiger partial charge in [-0.25, -0.2) is 13.4 Å². The highest BCUT2D eigenvalue weighted by molar-refractivity contribution is 7.92. The van der Waals surface area contributed by atoms with Crippen LogP contribution < -0.4 is 18.7 Å². The van der Waals surface area contributed by atoms with Gasteiger partial charge in [0.15, 0.2) is 16.6 Å². The lowest BCUT2D eigenvalue weighted by molar-refractivity contribution is 0.0983. The molecule has 1 aliphatic heterocycles. The van der Waals surface area contributed by atoms with E-state index in [9.17, 15) is 13.2 Å². The molecule has 0 saturated carbocycles. The summed E-state index contributed by atoms with van der Waals surface area (Å²) in [7, 11) is -3.80. The van der Waals surface area contributed by atoms with Gasteiger partial charge in [0.05, 0.1) is 20.8 Å². The summed E-state index contributed by atoms with van der Waals surface area (Å²) < 4.78 is 40.1. The summed E-state index contributed by atoms with van der Waals surface area (Å²) in [6.07, 6.45) is 0. The zero-order chi connectivity index (χ0) is 28.3. The van der Waals surface area contributed by atoms with Crippen molar-refractivity contribution in [1.29, 1.82) is 0 Å². The molecule has 0 aliphatic carbocycles. The van der Waals surface area contributed by atoms with Gasteiger partial charge in [0.1, 0.15) is 0 Å². The number of hydrogen-bond acceptors (Lipinski definition) is 8. The Morgan fingerprint density at radius 3 is 2.20 bits per heavy atom. The van der Waals surface area contributed by atoms with Crippen molar-refractivity contribution in [3.8, 4) is 11.5 Å². The highest BCUT2D eigenvalue weighted by Crippen LogP contribution is 2.40. The van der Waals surface area contributed by atoms with Gasteiger partial charge in [0.25, 0.3) is 15.9 Å². The van der Waals surface area contributed by atoms with Gasteiger partial charge < -0.3 is 14.4 Å². The fraction of sp³-hybridized carbons (Fsp3) is 0.310. The summed E-state index contributed by atoms with van der Waals surface area (Å²) in [5, 5.41) is 0.564. The first-order valence-corrected chi connectivity index (χ1v) is 15.5. The Labute approximate surface area is 250 Å². The van der Waals surface area contributed by atoms with E-state index < -0.39 is 10.0 Å². The predicted octanol–water partition coefficient (Wildman–Crippen LogP) is 5.65. The molecule has 218 valence electrons. The van der Waals surface area contributed by atoms with Gasteiger partial charge >= 0.3 is 0 Å². The monoisotopic (exact) mass is 616 g/mol. The Balaban J connectivity index is 0.00000387. The van der Waals surface area contributed by atoms with Crippen LogP contribution in [0.15, 0.2) is 71.6 Å². The summed E-state index contributed by atoms with van der Waals surface area (Å²) in [5.41, 5.74) is 1.70. The van der Waals surface area contributed by atoms with E-state index in [0.29, 0.717) is 41.0 Å². The molecular weight excluding hydrogens is 584 g/mol. The van der Waals surface area contributed by atoms with Crippen LogP contribution in [0.2, 0.25) is 0 Å². The number of hydrogen-bond donors (Lipinski definition) is 0. The first-order chi connectivity index (χ1) is 19.3. The summed E-state index contributed by atoms with van der Waals surface area (Å²) in [5.74, 6) is 1.06. The molecule has 0 N–H and O–H groups in total. The average Bonchev–Trinajstić information content (AvgIpc) is 3.60. The van der Waals surface area contributed by atoms with Gasteiger partial charge in [-0.05, 0) is 56.4 Å². The molecule has 0 fully saturated rings. The fourth-order valence-corrected chi connectivity index (χ4v) is 7.10. The van der Waals surface area contributed by atoms with Crippen molar-refractivity contribution in [1.82, 2.24) is 9.88 Å². The molecule has 9 nitrogen and oxygen atoms in total.